The Morgan fingerprint density at radius 3 is 2.28 bits per heavy atom. The molecule has 1 aliphatic rings. The van der Waals surface area contributed by atoms with E-state index in [4.69, 9.17) is 27.9 Å². The van der Waals surface area contributed by atoms with Crippen LogP contribution in [-0.2, 0) is 4.74 Å². The lowest BCUT2D eigenvalue weighted by molar-refractivity contribution is 0.144. The summed E-state index contributed by atoms with van der Waals surface area (Å²) in [5.41, 5.74) is 5.37. The Balaban J connectivity index is 1.36. The second-order valence-electron chi connectivity index (χ2n) is 6.58. The lowest BCUT2D eigenvalue weighted by atomic mass is 9.98. The fraction of sp³-hybridized carbons (Fsp3) is 0.125. The number of amides is 1. The van der Waals surface area contributed by atoms with Crippen molar-refractivity contribution in [2.24, 2.45) is 0 Å². The van der Waals surface area contributed by atoms with E-state index in [0.717, 1.165) is 0 Å². The van der Waals surface area contributed by atoms with Crippen LogP contribution in [0.1, 0.15) is 22.6 Å². The standard InChI is InChI=1S/C24H17Cl2NO2/c25-22-13-5-7-16(23(22)26)8-6-14-27-24(28)29-15-21-19-11-3-1-9-17(19)18-10-2-4-12-20(18)21/h1-5,7,9-13,21H,14-15H2,(H,27,28). The molecule has 0 aliphatic heterocycles. The Labute approximate surface area is 179 Å². The highest BCUT2D eigenvalue weighted by Gasteiger charge is 2.28. The molecule has 0 spiro atoms. The van der Waals surface area contributed by atoms with Gasteiger partial charge in [-0.2, -0.15) is 0 Å². The van der Waals surface area contributed by atoms with E-state index >= 15 is 0 Å². The second kappa shape index (κ2) is 8.61. The van der Waals surface area contributed by atoms with Crippen molar-refractivity contribution >= 4 is 29.3 Å². The molecule has 1 amide bonds. The van der Waals surface area contributed by atoms with Gasteiger partial charge in [0, 0.05) is 11.5 Å². The highest BCUT2D eigenvalue weighted by Crippen LogP contribution is 2.44. The van der Waals surface area contributed by atoms with Crippen LogP contribution in [0.15, 0.2) is 66.7 Å². The van der Waals surface area contributed by atoms with Crippen LogP contribution in [0.3, 0.4) is 0 Å². The first-order valence-corrected chi connectivity index (χ1v) is 9.92. The third-order valence-electron chi connectivity index (χ3n) is 4.84. The Hall–Kier alpha value is -2.93. The summed E-state index contributed by atoms with van der Waals surface area (Å²) >= 11 is 12.1. The number of halogens is 2. The van der Waals surface area contributed by atoms with Crippen molar-refractivity contribution in [2.45, 2.75) is 5.92 Å². The Morgan fingerprint density at radius 2 is 1.59 bits per heavy atom. The molecule has 4 rings (SSSR count). The smallest absolute Gasteiger partial charge is 0.407 e. The van der Waals surface area contributed by atoms with E-state index < -0.39 is 6.09 Å². The first-order valence-electron chi connectivity index (χ1n) is 9.17. The van der Waals surface area contributed by atoms with Crippen molar-refractivity contribution in [1.29, 1.82) is 0 Å². The molecule has 3 aromatic carbocycles. The van der Waals surface area contributed by atoms with Crippen molar-refractivity contribution < 1.29 is 9.53 Å². The van der Waals surface area contributed by atoms with E-state index in [9.17, 15) is 4.79 Å². The first-order chi connectivity index (χ1) is 14.1. The number of ether oxygens (including phenoxy) is 1. The molecular weight excluding hydrogens is 405 g/mol. The highest BCUT2D eigenvalue weighted by atomic mass is 35.5. The number of rotatable bonds is 3. The van der Waals surface area contributed by atoms with E-state index in [1.807, 2.05) is 24.3 Å². The zero-order chi connectivity index (χ0) is 20.2. The number of nitrogens with one attached hydrogen (secondary N) is 1. The molecule has 5 heteroatoms. The van der Waals surface area contributed by atoms with Crippen molar-refractivity contribution in [3.63, 3.8) is 0 Å². The van der Waals surface area contributed by atoms with Crippen LogP contribution in [0, 0.1) is 11.8 Å². The van der Waals surface area contributed by atoms with Gasteiger partial charge in [0.2, 0.25) is 0 Å². The molecule has 0 bridgehead atoms. The summed E-state index contributed by atoms with van der Waals surface area (Å²) < 4.78 is 5.47. The number of hydrogen-bond acceptors (Lipinski definition) is 2. The van der Waals surface area contributed by atoms with Gasteiger partial charge in [0.25, 0.3) is 0 Å². The van der Waals surface area contributed by atoms with Crippen LogP contribution in [0.25, 0.3) is 11.1 Å². The van der Waals surface area contributed by atoms with Crippen LogP contribution in [0.2, 0.25) is 10.0 Å². The van der Waals surface area contributed by atoms with Crippen molar-refractivity contribution in [1.82, 2.24) is 5.32 Å². The molecule has 0 saturated heterocycles. The van der Waals surface area contributed by atoms with Gasteiger partial charge in [-0.15, -0.1) is 0 Å². The summed E-state index contributed by atoms with van der Waals surface area (Å²) in [4.78, 5) is 12.1. The average molecular weight is 422 g/mol. The van der Waals surface area contributed by atoms with Crippen LogP contribution in [-0.4, -0.2) is 19.2 Å². The molecule has 0 saturated carbocycles. The molecule has 1 N–H and O–H groups in total. The van der Waals surface area contributed by atoms with Gasteiger partial charge in [-0.05, 0) is 34.4 Å². The maximum atomic E-state index is 12.1. The molecule has 144 valence electrons. The molecule has 0 radical (unpaired) electrons. The maximum Gasteiger partial charge on any atom is 0.407 e. The van der Waals surface area contributed by atoms with Gasteiger partial charge in [0.05, 0.1) is 16.6 Å². The molecule has 0 unspecified atom stereocenters. The molecule has 29 heavy (non-hydrogen) atoms. The number of alkyl carbamates (subject to hydrolysis) is 1. The molecule has 0 aromatic heterocycles. The maximum absolute atomic E-state index is 12.1. The topological polar surface area (TPSA) is 38.3 Å². The van der Waals surface area contributed by atoms with Crippen molar-refractivity contribution in [2.75, 3.05) is 13.2 Å². The fourth-order valence-electron chi connectivity index (χ4n) is 3.51. The minimum absolute atomic E-state index is 0.0319. The summed E-state index contributed by atoms with van der Waals surface area (Å²) in [6, 6.07) is 21.7. The van der Waals surface area contributed by atoms with Gasteiger partial charge >= 0.3 is 6.09 Å². The summed E-state index contributed by atoms with van der Waals surface area (Å²) in [6.07, 6.45) is -0.502. The monoisotopic (exact) mass is 421 g/mol. The van der Waals surface area contributed by atoms with Crippen molar-refractivity contribution in [3.8, 4) is 23.0 Å². The largest absolute Gasteiger partial charge is 0.449 e. The van der Waals surface area contributed by atoms with Gasteiger partial charge in [-0.25, -0.2) is 4.79 Å². The third kappa shape index (κ3) is 4.10. The molecule has 0 fully saturated rings. The molecule has 0 heterocycles. The van der Waals surface area contributed by atoms with E-state index in [1.165, 1.54) is 22.3 Å². The highest BCUT2D eigenvalue weighted by molar-refractivity contribution is 6.42. The number of fused-ring (bicyclic) bond motifs is 3. The minimum atomic E-state index is -0.502. The number of hydrogen-bond donors (Lipinski definition) is 1. The van der Waals surface area contributed by atoms with Crippen LogP contribution in [0.4, 0.5) is 4.79 Å². The van der Waals surface area contributed by atoms with Gasteiger partial charge in [0.1, 0.15) is 6.61 Å². The third-order valence-corrected chi connectivity index (χ3v) is 5.66. The fourth-order valence-corrected chi connectivity index (χ4v) is 3.85. The summed E-state index contributed by atoms with van der Waals surface area (Å²) in [6.45, 7) is 0.424. The van der Waals surface area contributed by atoms with E-state index in [2.05, 4.69) is 41.4 Å². The molecule has 0 atom stereocenters. The average Bonchev–Trinajstić information content (AvgIpc) is 3.06. The normalized spacial score (nSPS) is 11.8. The van der Waals surface area contributed by atoms with Crippen LogP contribution in [0.5, 0.6) is 0 Å². The van der Waals surface area contributed by atoms with Crippen molar-refractivity contribution in [3.05, 3.63) is 93.5 Å². The Morgan fingerprint density at radius 1 is 0.931 bits per heavy atom. The number of carbonyl (C=O) groups excluding carboxylic acids is 1. The number of carbonyl (C=O) groups is 1. The summed E-state index contributed by atoms with van der Waals surface area (Å²) in [7, 11) is 0. The summed E-state index contributed by atoms with van der Waals surface area (Å²) in [5, 5.41) is 3.50. The lowest BCUT2D eigenvalue weighted by Crippen LogP contribution is -2.26. The van der Waals surface area contributed by atoms with Gasteiger partial charge in [0.15, 0.2) is 0 Å². The predicted molar refractivity (Wildman–Crippen MR) is 116 cm³/mol. The van der Waals surface area contributed by atoms with E-state index in [0.29, 0.717) is 15.6 Å². The quantitative estimate of drug-likeness (QED) is 0.535. The zero-order valence-electron chi connectivity index (χ0n) is 15.4. The Kier molecular flexibility index (Phi) is 5.76. The zero-order valence-corrected chi connectivity index (χ0v) is 16.9. The van der Waals surface area contributed by atoms with E-state index in [1.54, 1.807) is 18.2 Å². The second-order valence-corrected chi connectivity index (χ2v) is 7.37. The lowest BCUT2D eigenvalue weighted by Gasteiger charge is -2.14. The molecular formula is C24H17Cl2NO2. The minimum Gasteiger partial charge on any atom is -0.449 e. The predicted octanol–water partition coefficient (Wildman–Crippen LogP) is 5.88. The molecule has 1 aliphatic carbocycles. The van der Waals surface area contributed by atoms with Gasteiger partial charge < -0.3 is 10.1 Å². The SMILES string of the molecule is O=C(NCC#Cc1cccc(Cl)c1Cl)OCC1c2ccccc2-c2ccccc21. The molecule has 3 nitrogen and oxygen atoms in total. The van der Waals surface area contributed by atoms with Gasteiger partial charge in [-0.3, -0.25) is 0 Å². The van der Waals surface area contributed by atoms with E-state index in [-0.39, 0.29) is 19.1 Å². The van der Waals surface area contributed by atoms with Crippen LogP contribution < -0.4 is 5.32 Å². The van der Waals surface area contributed by atoms with Crippen LogP contribution >= 0.6 is 23.2 Å². The molecule has 3 aromatic rings. The Bertz CT molecular complexity index is 1090. The first kappa shape index (κ1) is 19.4. The number of benzene rings is 3. The summed E-state index contributed by atoms with van der Waals surface area (Å²) in [5.74, 6) is 5.78. The van der Waals surface area contributed by atoms with Gasteiger partial charge in [-0.1, -0.05) is 89.6 Å².